The number of halogens is 1. The highest BCUT2D eigenvalue weighted by Gasteiger charge is 2.12. The van der Waals surface area contributed by atoms with E-state index in [9.17, 15) is 0 Å². The Morgan fingerprint density at radius 3 is 2.25 bits per heavy atom. The number of hydrogen-bond donors (Lipinski definition) is 1. The maximum absolute atomic E-state index is 6.33. The van der Waals surface area contributed by atoms with Crippen molar-refractivity contribution in [2.24, 2.45) is 0 Å². The summed E-state index contributed by atoms with van der Waals surface area (Å²) in [5.41, 5.74) is 2.76. The summed E-state index contributed by atoms with van der Waals surface area (Å²) in [6, 6.07) is 18.5. The Balaban J connectivity index is 1.80. The fraction of sp³-hybridized carbons (Fsp3) is 0.0476. The Morgan fingerprint density at radius 2 is 1.57 bits per heavy atom. The number of ether oxygens (including phenoxy) is 1. The Kier molecular flexibility index (Phi) is 5.12. The van der Waals surface area contributed by atoms with Gasteiger partial charge in [-0.3, -0.25) is 9.97 Å². The first-order chi connectivity index (χ1) is 13.7. The predicted molar refractivity (Wildman–Crippen MR) is 110 cm³/mol. The van der Waals surface area contributed by atoms with E-state index >= 15 is 0 Å². The first-order valence-electron chi connectivity index (χ1n) is 8.55. The van der Waals surface area contributed by atoms with E-state index in [0.717, 1.165) is 5.69 Å². The molecule has 1 N–H and O–H groups in total. The molecule has 138 valence electrons. The van der Waals surface area contributed by atoms with Crippen LogP contribution < -0.4 is 10.1 Å². The molecule has 0 spiro atoms. The first kappa shape index (κ1) is 17.9. The second kappa shape index (κ2) is 8.02. The molecule has 0 aliphatic rings. The fourth-order valence-electron chi connectivity index (χ4n) is 2.63. The highest BCUT2D eigenvalue weighted by molar-refractivity contribution is 6.33. The zero-order valence-corrected chi connectivity index (χ0v) is 15.8. The summed E-state index contributed by atoms with van der Waals surface area (Å²) >= 11 is 6.33. The number of hydrogen-bond acceptors (Lipinski definition) is 6. The van der Waals surface area contributed by atoms with Crippen molar-refractivity contribution in [3.05, 3.63) is 78.1 Å². The highest BCUT2D eigenvalue weighted by Crippen LogP contribution is 2.30. The lowest BCUT2D eigenvalue weighted by atomic mass is 10.2. The molecular weight excluding hydrogens is 374 g/mol. The lowest BCUT2D eigenvalue weighted by molar-refractivity contribution is 0.415. The standard InChI is InChI=1S/C21H16ClN5O/c1-28-14-8-9-15(22)18(12-14)25-20-13-19(16-6-2-4-10-23-16)26-21(27-20)17-7-3-5-11-24-17/h2-13H,1H3,(H,25,26,27). The van der Waals surface area contributed by atoms with Crippen LogP contribution in [0, 0.1) is 0 Å². The summed E-state index contributed by atoms with van der Waals surface area (Å²) in [4.78, 5) is 18.0. The van der Waals surface area contributed by atoms with Gasteiger partial charge in [-0.25, -0.2) is 9.97 Å². The van der Waals surface area contributed by atoms with E-state index in [1.54, 1.807) is 31.6 Å². The van der Waals surface area contributed by atoms with Crippen molar-refractivity contribution < 1.29 is 4.74 Å². The van der Waals surface area contributed by atoms with Crippen molar-refractivity contribution in [2.45, 2.75) is 0 Å². The number of nitrogens with zero attached hydrogens (tertiary/aromatic N) is 4. The molecule has 6 nitrogen and oxygen atoms in total. The molecule has 0 saturated heterocycles. The van der Waals surface area contributed by atoms with Gasteiger partial charge < -0.3 is 10.1 Å². The lowest BCUT2D eigenvalue weighted by Crippen LogP contribution is -2.01. The smallest absolute Gasteiger partial charge is 0.180 e. The molecule has 0 radical (unpaired) electrons. The summed E-state index contributed by atoms with van der Waals surface area (Å²) in [5, 5.41) is 3.80. The van der Waals surface area contributed by atoms with Crippen LogP contribution in [-0.4, -0.2) is 27.0 Å². The summed E-state index contributed by atoms with van der Waals surface area (Å²) in [6.45, 7) is 0. The SMILES string of the molecule is COc1ccc(Cl)c(Nc2cc(-c3ccccn3)nc(-c3ccccn3)n2)c1. The van der Waals surface area contributed by atoms with Crippen molar-refractivity contribution in [3.63, 3.8) is 0 Å². The lowest BCUT2D eigenvalue weighted by Gasteiger charge is -2.12. The van der Waals surface area contributed by atoms with Crippen molar-refractivity contribution in [1.29, 1.82) is 0 Å². The summed E-state index contributed by atoms with van der Waals surface area (Å²) in [5.74, 6) is 1.76. The number of benzene rings is 1. The van der Waals surface area contributed by atoms with E-state index in [4.69, 9.17) is 16.3 Å². The normalized spacial score (nSPS) is 10.5. The number of pyridine rings is 2. The molecule has 0 saturated carbocycles. The Morgan fingerprint density at radius 1 is 0.821 bits per heavy atom. The molecule has 4 rings (SSSR count). The quantitative estimate of drug-likeness (QED) is 0.517. The average molecular weight is 390 g/mol. The predicted octanol–water partition coefficient (Wildman–Crippen LogP) is 5.01. The second-order valence-corrected chi connectivity index (χ2v) is 6.27. The van der Waals surface area contributed by atoms with Gasteiger partial charge in [-0.1, -0.05) is 23.7 Å². The minimum Gasteiger partial charge on any atom is -0.497 e. The molecule has 0 aliphatic carbocycles. The van der Waals surface area contributed by atoms with Crippen LogP contribution in [0.4, 0.5) is 11.5 Å². The van der Waals surface area contributed by atoms with Crippen molar-refractivity contribution in [1.82, 2.24) is 19.9 Å². The van der Waals surface area contributed by atoms with Crippen LogP contribution in [0.5, 0.6) is 5.75 Å². The molecule has 0 amide bonds. The van der Waals surface area contributed by atoms with Gasteiger partial charge in [0.1, 0.15) is 17.3 Å². The monoisotopic (exact) mass is 389 g/mol. The van der Waals surface area contributed by atoms with Crippen LogP contribution in [0.1, 0.15) is 0 Å². The highest BCUT2D eigenvalue weighted by atomic mass is 35.5. The van der Waals surface area contributed by atoms with Crippen LogP contribution in [0.25, 0.3) is 22.9 Å². The van der Waals surface area contributed by atoms with Gasteiger partial charge in [0.15, 0.2) is 5.82 Å². The molecular formula is C21H16ClN5O. The summed E-state index contributed by atoms with van der Waals surface area (Å²) in [7, 11) is 1.61. The van der Waals surface area contributed by atoms with Gasteiger partial charge >= 0.3 is 0 Å². The van der Waals surface area contributed by atoms with Gasteiger partial charge in [0.25, 0.3) is 0 Å². The van der Waals surface area contributed by atoms with E-state index in [0.29, 0.717) is 39.5 Å². The van der Waals surface area contributed by atoms with Gasteiger partial charge in [-0.05, 0) is 36.4 Å². The van der Waals surface area contributed by atoms with Crippen LogP contribution >= 0.6 is 11.6 Å². The van der Waals surface area contributed by atoms with Crippen molar-refractivity contribution >= 4 is 23.1 Å². The number of nitrogens with one attached hydrogen (secondary N) is 1. The van der Waals surface area contributed by atoms with Crippen LogP contribution in [-0.2, 0) is 0 Å². The van der Waals surface area contributed by atoms with E-state index < -0.39 is 0 Å². The molecule has 7 heteroatoms. The van der Waals surface area contributed by atoms with Gasteiger partial charge in [0.05, 0.1) is 29.2 Å². The first-order valence-corrected chi connectivity index (χ1v) is 8.93. The minimum absolute atomic E-state index is 0.491. The Bertz CT molecular complexity index is 1030. The third kappa shape index (κ3) is 3.92. The maximum atomic E-state index is 6.33. The van der Waals surface area contributed by atoms with Gasteiger partial charge in [0.2, 0.25) is 0 Å². The molecule has 4 aromatic rings. The van der Waals surface area contributed by atoms with Crippen molar-refractivity contribution in [2.75, 3.05) is 12.4 Å². The van der Waals surface area contributed by atoms with E-state index in [2.05, 4.69) is 25.3 Å². The molecule has 0 bridgehead atoms. The van der Waals surface area contributed by atoms with E-state index in [-0.39, 0.29) is 0 Å². The molecule has 0 aliphatic heterocycles. The molecule has 0 atom stereocenters. The van der Waals surface area contributed by atoms with Crippen molar-refractivity contribution in [3.8, 4) is 28.7 Å². The average Bonchev–Trinajstić information content (AvgIpc) is 2.76. The third-order valence-corrected chi connectivity index (χ3v) is 4.31. The largest absolute Gasteiger partial charge is 0.497 e. The van der Waals surface area contributed by atoms with Crippen LogP contribution in [0.3, 0.4) is 0 Å². The van der Waals surface area contributed by atoms with Gasteiger partial charge in [-0.15, -0.1) is 0 Å². The van der Waals surface area contributed by atoms with Gasteiger partial charge in [-0.2, -0.15) is 0 Å². The summed E-state index contributed by atoms with van der Waals surface area (Å²) < 4.78 is 5.28. The fourth-order valence-corrected chi connectivity index (χ4v) is 2.80. The number of aromatic nitrogens is 4. The molecule has 28 heavy (non-hydrogen) atoms. The number of anilines is 2. The number of methoxy groups -OCH3 is 1. The number of rotatable bonds is 5. The van der Waals surface area contributed by atoms with Gasteiger partial charge in [0, 0.05) is 24.5 Å². The topological polar surface area (TPSA) is 72.8 Å². The molecule has 3 aromatic heterocycles. The molecule has 1 aromatic carbocycles. The zero-order valence-electron chi connectivity index (χ0n) is 15.0. The maximum Gasteiger partial charge on any atom is 0.180 e. The van der Waals surface area contributed by atoms with Crippen LogP contribution in [0.2, 0.25) is 5.02 Å². The van der Waals surface area contributed by atoms with E-state index in [1.807, 2.05) is 48.5 Å². The molecule has 0 fully saturated rings. The second-order valence-electron chi connectivity index (χ2n) is 5.86. The zero-order chi connectivity index (χ0) is 19.3. The molecule has 0 unspecified atom stereocenters. The van der Waals surface area contributed by atoms with Crippen LogP contribution in [0.15, 0.2) is 73.1 Å². The Labute approximate surface area is 167 Å². The molecule has 3 heterocycles. The summed E-state index contributed by atoms with van der Waals surface area (Å²) in [6.07, 6.45) is 3.43. The minimum atomic E-state index is 0.491. The van der Waals surface area contributed by atoms with E-state index in [1.165, 1.54) is 0 Å². The third-order valence-electron chi connectivity index (χ3n) is 3.98. The Hall–Kier alpha value is -3.51.